The quantitative estimate of drug-likeness (QED) is 0.842. The molecule has 0 bridgehead atoms. The highest BCUT2D eigenvalue weighted by Crippen LogP contribution is 2.04. The Kier molecular flexibility index (Phi) is 5.34. The van der Waals surface area contributed by atoms with E-state index >= 15 is 0 Å². The molecule has 5 nitrogen and oxygen atoms in total. The number of aromatic nitrogens is 1. The summed E-state index contributed by atoms with van der Waals surface area (Å²) in [5.74, 6) is -0.0490. The molecular weight excluding hydrogens is 290 g/mol. The van der Waals surface area contributed by atoms with Gasteiger partial charge in [-0.3, -0.25) is 9.78 Å². The molecule has 0 radical (unpaired) electrons. The van der Waals surface area contributed by atoms with Gasteiger partial charge in [-0.25, -0.2) is 0 Å². The molecule has 1 aliphatic heterocycles. The first-order valence-corrected chi connectivity index (χ1v) is 7.98. The van der Waals surface area contributed by atoms with E-state index in [1.165, 1.54) is 10.5 Å². The van der Waals surface area contributed by atoms with Crippen molar-refractivity contribution in [2.75, 3.05) is 26.3 Å². The molecule has 2 heterocycles. The van der Waals surface area contributed by atoms with Gasteiger partial charge in [-0.2, -0.15) is 0 Å². The van der Waals surface area contributed by atoms with Crippen LogP contribution in [0.15, 0.2) is 48.8 Å². The van der Waals surface area contributed by atoms with Crippen molar-refractivity contribution in [1.29, 1.82) is 0 Å². The number of rotatable bonds is 5. The Morgan fingerprint density at radius 2 is 1.74 bits per heavy atom. The topological polar surface area (TPSA) is 55.7 Å². The highest BCUT2D eigenvalue weighted by atomic mass is 16.5. The maximum absolute atomic E-state index is 12.2. The van der Waals surface area contributed by atoms with Gasteiger partial charge in [-0.1, -0.05) is 12.1 Å². The van der Waals surface area contributed by atoms with Crippen LogP contribution in [-0.4, -0.2) is 37.2 Å². The first kappa shape index (κ1) is 15.6. The average Bonchev–Trinajstić information content (AvgIpc) is 2.62. The van der Waals surface area contributed by atoms with Crippen LogP contribution in [0.25, 0.3) is 0 Å². The van der Waals surface area contributed by atoms with Gasteiger partial charge < -0.3 is 15.0 Å². The summed E-state index contributed by atoms with van der Waals surface area (Å²) in [5.41, 5.74) is 2.99. The molecule has 1 aromatic heterocycles. The van der Waals surface area contributed by atoms with Gasteiger partial charge in [0, 0.05) is 30.1 Å². The van der Waals surface area contributed by atoms with Crippen molar-refractivity contribution < 1.29 is 14.4 Å². The third kappa shape index (κ3) is 4.61. The molecule has 0 saturated carbocycles. The lowest BCUT2D eigenvalue weighted by Crippen LogP contribution is -3.12. The molecule has 5 heteroatoms. The van der Waals surface area contributed by atoms with Crippen LogP contribution in [0.2, 0.25) is 0 Å². The third-order valence-electron chi connectivity index (χ3n) is 4.07. The highest BCUT2D eigenvalue weighted by molar-refractivity contribution is 5.94. The number of ether oxygens (including phenoxy) is 1. The molecule has 1 fully saturated rings. The SMILES string of the molecule is O=C(NCc1ccncc1)c1ccc(C[NH+]2CCOCC2)cc1. The zero-order valence-electron chi connectivity index (χ0n) is 13.1. The minimum Gasteiger partial charge on any atom is -0.370 e. The molecule has 3 rings (SSSR count). The summed E-state index contributed by atoms with van der Waals surface area (Å²) < 4.78 is 5.37. The maximum Gasteiger partial charge on any atom is 0.251 e. The van der Waals surface area contributed by atoms with Crippen molar-refractivity contribution in [1.82, 2.24) is 10.3 Å². The normalized spacial score (nSPS) is 15.3. The van der Waals surface area contributed by atoms with E-state index in [-0.39, 0.29) is 5.91 Å². The smallest absolute Gasteiger partial charge is 0.251 e. The van der Waals surface area contributed by atoms with E-state index in [1.54, 1.807) is 12.4 Å². The van der Waals surface area contributed by atoms with Crippen LogP contribution >= 0.6 is 0 Å². The second-order valence-electron chi connectivity index (χ2n) is 5.77. The fraction of sp³-hybridized carbons (Fsp3) is 0.333. The van der Waals surface area contributed by atoms with Crippen molar-refractivity contribution in [3.05, 3.63) is 65.5 Å². The Morgan fingerprint density at radius 3 is 2.43 bits per heavy atom. The molecule has 23 heavy (non-hydrogen) atoms. The van der Waals surface area contributed by atoms with Crippen molar-refractivity contribution >= 4 is 5.91 Å². The third-order valence-corrected chi connectivity index (χ3v) is 4.07. The van der Waals surface area contributed by atoms with E-state index in [4.69, 9.17) is 4.74 Å². The average molecular weight is 312 g/mol. The molecule has 1 aliphatic rings. The van der Waals surface area contributed by atoms with Gasteiger partial charge >= 0.3 is 0 Å². The van der Waals surface area contributed by atoms with Gasteiger partial charge in [0.25, 0.3) is 5.91 Å². The van der Waals surface area contributed by atoms with Gasteiger partial charge in [0.15, 0.2) is 0 Å². The molecule has 120 valence electrons. The summed E-state index contributed by atoms with van der Waals surface area (Å²) in [6.07, 6.45) is 3.45. The molecule has 0 aliphatic carbocycles. The Balaban J connectivity index is 1.52. The molecule has 0 atom stereocenters. The van der Waals surface area contributed by atoms with Gasteiger partial charge in [0.05, 0.1) is 13.2 Å². The van der Waals surface area contributed by atoms with E-state index in [9.17, 15) is 4.79 Å². The zero-order chi connectivity index (χ0) is 15.9. The number of nitrogens with one attached hydrogen (secondary N) is 2. The van der Waals surface area contributed by atoms with Crippen LogP contribution in [0.3, 0.4) is 0 Å². The van der Waals surface area contributed by atoms with Gasteiger partial charge in [0.1, 0.15) is 19.6 Å². The van der Waals surface area contributed by atoms with Crippen LogP contribution in [0.4, 0.5) is 0 Å². The molecule has 0 spiro atoms. The lowest BCUT2D eigenvalue weighted by molar-refractivity contribution is -0.921. The summed E-state index contributed by atoms with van der Waals surface area (Å²) in [6.45, 7) is 5.28. The molecule has 1 aromatic carbocycles. The number of nitrogens with zero attached hydrogens (tertiary/aromatic N) is 1. The van der Waals surface area contributed by atoms with Crippen molar-refractivity contribution in [2.24, 2.45) is 0 Å². The number of carbonyl (C=O) groups is 1. The minimum absolute atomic E-state index is 0.0490. The number of morpholine rings is 1. The molecule has 2 aromatic rings. The Labute approximate surface area is 136 Å². The predicted molar refractivity (Wildman–Crippen MR) is 87.1 cm³/mol. The fourth-order valence-electron chi connectivity index (χ4n) is 2.68. The minimum atomic E-state index is -0.0490. The number of benzene rings is 1. The number of hydrogen-bond acceptors (Lipinski definition) is 3. The Hall–Kier alpha value is -2.24. The Morgan fingerprint density at radius 1 is 1.04 bits per heavy atom. The van der Waals surface area contributed by atoms with Crippen LogP contribution in [0.1, 0.15) is 21.5 Å². The standard InChI is InChI=1S/C18H21N3O2/c22-18(20-13-15-5-7-19-8-6-15)17-3-1-16(2-4-17)14-21-9-11-23-12-10-21/h1-8H,9-14H2,(H,20,22)/p+1. The summed E-state index contributed by atoms with van der Waals surface area (Å²) in [5, 5.41) is 2.93. The molecule has 1 saturated heterocycles. The number of pyridine rings is 1. The lowest BCUT2D eigenvalue weighted by Gasteiger charge is -2.23. The summed E-state index contributed by atoms with van der Waals surface area (Å²) in [7, 11) is 0. The lowest BCUT2D eigenvalue weighted by atomic mass is 10.1. The van der Waals surface area contributed by atoms with Crippen LogP contribution in [-0.2, 0) is 17.8 Å². The van der Waals surface area contributed by atoms with Crippen LogP contribution < -0.4 is 10.2 Å². The van der Waals surface area contributed by atoms with E-state index in [2.05, 4.69) is 10.3 Å². The molecule has 0 unspecified atom stereocenters. The fourth-order valence-corrected chi connectivity index (χ4v) is 2.68. The summed E-state index contributed by atoms with van der Waals surface area (Å²) in [4.78, 5) is 17.7. The van der Waals surface area contributed by atoms with Gasteiger partial charge in [-0.15, -0.1) is 0 Å². The number of hydrogen-bond donors (Lipinski definition) is 2. The zero-order valence-corrected chi connectivity index (χ0v) is 13.1. The molecule has 1 amide bonds. The van der Waals surface area contributed by atoms with Crippen molar-refractivity contribution in [3.63, 3.8) is 0 Å². The van der Waals surface area contributed by atoms with Crippen molar-refractivity contribution in [2.45, 2.75) is 13.1 Å². The first-order valence-electron chi connectivity index (χ1n) is 7.98. The van der Waals surface area contributed by atoms with E-state index in [0.29, 0.717) is 12.1 Å². The van der Waals surface area contributed by atoms with Gasteiger partial charge in [0.2, 0.25) is 0 Å². The predicted octanol–water partition coefficient (Wildman–Crippen LogP) is 0.427. The highest BCUT2D eigenvalue weighted by Gasteiger charge is 2.14. The van der Waals surface area contributed by atoms with Crippen LogP contribution in [0, 0.1) is 0 Å². The maximum atomic E-state index is 12.2. The number of carbonyl (C=O) groups excluding carboxylic acids is 1. The number of amides is 1. The number of quaternary nitrogens is 1. The Bertz CT molecular complexity index is 622. The summed E-state index contributed by atoms with van der Waals surface area (Å²) >= 11 is 0. The monoisotopic (exact) mass is 312 g/mol. The van der Waals surface area contributed by atoms with E-state index in [1.807, 2.05) is 36.4 Å². The van der Waals surface area contributed by atoms with Crippen LogP contribution in [0.5, 0.6) is 0 Å². The second kappa shape index (κ2) is 7.85. The van der Waals surface area contributed by atoms with Crippen molar-refractivity contribution in [3.8, 4) is 0 Å². The molecular formula is C18H22N3O2+. The molecule has 2 N–H and O–H groups in total. The van der Waals surface area contributed by atoms with Gasteiger partial charge in [-0.05, 0) is 29.8 Å². The first-order chi connectivity index (χ1) is 11.3. The summed E-state index contributed by atoms with van der Waals surface area (Å²) in [6, 6.07) is 11.7. The van der Waals surface area contributed by atoms with E-state index < -0.39 is 0 Å². The second-order valence-corrected chi connectivity index (χ2v) is 5.77. The largest absolute Gasteiger partial charge is 0.370 e. The van der Waals surface area contributed by atoms with E-state index in [0.717, 1.165) is 38.4 Å².